The van der Waals surface area contributed by atoms with Crippen LogP contribution in [-0.4, -0.2) is 56.8 Å². The molecule has 94 valence electrons. The average Bonchev–Trinajstić information content (AvgIpc) is 2.15. The molecule has 1 fully saturated rings. The summed E-state index contributed by atoms with van der Waals surface area (Å²) in [5, 5.41) is 11.7. The first kappa shape index (κ1) is 13.4. The molecule has 1 rings (SSSR count). The largest absolute Gasteiger partial charge is 0.480 e. The van der Waals surface area contributed by atoms with Crippen molar-refractivity contribution in [3.05, 3.63) is 0 Å². The van der Waals surface area contributed by atoms with Crippen LogP contribution in [0, 0.1) is 0 Å². The van der Waals surface area contributed by atoms with E-state index in [1.54, 1.807) is 0 Å². The third-order valence-electron chi connectivity index (χ3n) is 2.53. The number of rotatable bonds is 5. The van der Waals surface area contributed by atoms with Crippen molar-refractivity contribution in [1.29, 1.82) is 0 Å². The highest BCUT2D eigenvalue weighted by atomic mass is 32.2. The highest BCUT2D eigenvalue weighted by Gasteiger charge is 2.28. The molecule has 0 amide bonds. The monoisotopic (exact) mass is 251 g/mol. The van der Waals surface area contributed by atoms with E-state index in [1.165, 1.54) is 7.11 Å². The highest BCUT2D eigenvalue weighted by Crippen LogP contribution is 2.12. The molecule has 0 aromatic heterocycles. The smallest absolute Gasteiger partial charge is 0.323 e. The van der Waals surface area contributed by atoms with E-state index in [4.69, 9.17) is 9.84 Å². The lowest BCUT2D eigenvalue weighted by Crippen LogP contribution is -2.50. The summed E-state index contributed by atoms with van der Waals surface area (Å²) in [4.78, 5) is 10.8. The zero-order valence-corrected chi connectivity index (χ0v) is 10.00. The Kier molecular flexibility index (Phi) is 4.69. The summed E-state index contributed by atoms with van der Waals surface area (Å²) < 4.78 is 27.5. The zero-order valence-electron chi connectivity index (χ0n) is 9.18. The van der Waals surface area contributed by atoms with Gasteiger partial charge in [-0.25, -0.2) is 8.42 Å². The predicted octanol–water partition coefficient (Wildman–Crippen LogP) is -0.747. The molecule has 0 saturated carbocycles. The molecule has 0 radical (unpaired) electrons. The third-order valence-corrected chi connectivity index (χ3v) is 4.35. The number of aliphatic carboxylic acids is 1. The third kappa shape index (κ3) is 4.07. The van der Waals surface area contributed by atoms with Gasteiger partial charge in [0.2, 0.25) is 0 Å². The highest BCUT2D eigenvalue weighted by molar-refractivity contribution is 7.91. The fourth-order valence-corrected chi connectivity index (χ4v) is 3.45. The molecule has 2 N–H and O–H groups in total. The van der Waals surface area contributed by atoms with E-state index in [-0.39, 0.29) is 24.2 Å². The van der Waals surface area contributed by atoms with Crippen molar-refractivity contribution in [2.24, 2.45) is 0 Å². The van der Waals surface area contributed by atoms with E-state index in [9.17, 15) is 13.2 Å². The molecule has 16 heavy (non-hydrogen) atoms. The van der Waals surface area contributed by atoms with E-state index in [0.717, 1.165) is 0 Å². The fraction of sp³-hybridized carbons (Fsp3) is 0.889. The maximum absolute atomic E-state index is 11.4. The van der Waals surface area contributed by atoms with Crippen LogP contribution >= 0.6 is 0 Å². The van der Waals surface area contributed by atoms with Crippen molar-refractivity contribution >= 4 is 15.8 Å². The Morgan fingerprint density at radius 1 is 1.62 bits per heavy atom. The summed E-state index contributed by atoms with van der Waals surface area (Å²) in [6, 6.07) is -1.13. The van der Waals surface area contributed by atoms with Crippen LogP contribution in [0.25, 0.3) is 0 Å². The van der Waals surface area contributed by atoms with Gasteiger partial charge in [-0.1, -0.05) is 0 Å². The standard InChI is InChI=1S/C9H17NO5S/c1-15-5-8(9(11)12)10-7-3-2-4-16(13,14)6-7/h7-8,10H,2-6H2,1H3,(H,11,12). The van der Waals surface area contributed by atoms with Crippen molar-refractivity contribution < 1.29 is 23.1 Å². The van der Waals surface area contributed by atoms with Crippen molar-refractivity contribution in [3.8, 4) is 0 Å². The van der Waals surface area contributed by atoms with Crippen LogP contribution in [-0.2, 0) is 19.4 Å². The van der Waals surface area contributed by atoms with Crippen molar-refractivity contribution in [3.63, 3.8) is 0 Å². The van der Waals surface area contributed by atoms with Gasteiger partial charge in [0.15, 0.2) is 9.84 Å². The predicted molar refractivity (Wildman–Crippen MR) is 58.1 cm³/mol. The summed E-state index contributed by atoms with van der Waals surface area (Å²) in [7, 11) is -1.60. The molecule has 2 unspecified atom stereocenters. The summed E-state index contributed by atoms with van der Waals surface area (Å²) in [6.45, 7) is 0.0336. The van der Waals surface area contributed by atoms with E-state index >= 15 is 0 Å². The Hall–Kier alpha value is -0.660. The number of sulfone groups is 1. The molecule has 2 atom stereocenters. The van der Waals surface area contributed by atoms with Gasteiger partial charge in [0.1, 0.15) is 6.04 Å². The lowest BCUT2D eigenvalue weighted by molar-refractivity contribution is -0.141. The van der Waals surface area contributed by atoms with Crippen LogP contribution in [0.5, 0.6) is 0 Å². The number of carboxylic acid groups (broad SMARTS) is 1. The molecule has 0 aromatic carbocycles. The molecule has 0 spiro atoms. The van der Waals surface area contributed by atoms with Gasteiger partial charge < -0.3 is 9.84 Å². The fourth-order valence-electron chi connectivity index (χ4n) is 1.80. The molecule has 1 saturated heterocycles. The summed E-state index contributed by atoms with van der Waals surface area (Å²) in [5.74, 6) is -0.807. The van der Waals surface area contributed by atoms with E-state index in [2.05, 4.69) is 5.32 Å². The molecular weight excluding hydrogens is 234 g/mol. The molecule has 1 aliphatic rings. The first-order chi connectivity index (χ1) is 7.44. The summed E-state index contributed by atoms with van der Waals surface area (Å²) >= 11 is 0. The van der Waals surface area contributed by atoms with E-state index in [1.807, 2.05) is 0 Å². The Bertz CT molecular complexity index is 340. The van der Waals surface area contributed by atoms with E-state index < -0.39 is 21.8 Å². The van der Waals surface area contributed by atoms with Crippen LogP contribution in [0.4, 0.5) is 0 Å². The van der Waals surface area contributed by atoms with Crippen LogP contribution in [0.15, 0.2) is 0 Å². The molecule has 0 aliphatic carbocycles. The van der Waals surface area contributed by atoms with Gasteiger partial charge in [0.25, 0.3) is 0 Å². The van der Waals surface area contributed by atoms with Gasteiger partial charge >= 0.3 is 5.97 Å². The molecule has 7 heteroatoms. The Morgan fingerprint density at radius 3 is 2.81 bits per heavy atom. The Morgan fingerprint density at radius 2 is 2.31 bits per heavy atom. The second-order valence-corrected chi connectivity index (χ2v) is 6.20. The van der Waals surface area contributed by atoms with Gasteiger partial charge in [-0.2, -0.15) is 0 Å². The van der Waals surface area contributed by atoms with Crippen molar-refractivity contribution in [1.82, 2.24) is 5.32 Å². The molecule has 1 heterocycles. The maximum atomic E-state index is 11.4. The molecule has 1 aliphatic heterocycles. The van der Waals surface area contributed by atoms with Gasteiger partial charge in [-0.3, -0.25) is 10.1 Å². The van der Waals surface area contributed by atoms with Crippen LogP contribution in [0.2, 0.25) is 0 Å². The lowest BCUT2D eigenvalue weighted by atomic mass is 10.1. The second kappa shape index (κ2) is 5.60. The number of carbonyl (C=O) groups is 1. The van der Waals surface area contributed by atoms with Crippen molar-refractivity contribution in [2.45, 2.75) is 24.9 Å². The zero-order chi connectivity index (χ0) is 12.2. The SMILES string of the molecule is COCC(NC1CCCS(=O)(=O)C1)C(=O)O. The molecule has 0 bridgehead atoms. The number of hydrogen-bond donors (Lipinski definition) is 2. The molecule has 6 nitrogen and oxygen atoms in total. The van der Waals surface area contributed by atoms with Gasteiger partial charge in [-0.05, 0) is 12.8 Å². The number of ether oxygens (including phenoxy) is 1. The van der Waals surface area contributed by atoms with Gasteiger partial charge in [0.05, 0.1) is 18.1 Å². The Balaban J connectivity index is 2.54. The van der Waals surface area contributed by atoms with Crippen LogP contribution < -0.4 is 5.32 Å². The normalized spacial score (nSPS) is 26.2. The number of carboxylic acids is 1. The van der Waals surface area contributed by atoms with Crippen molar-refractivity contribution in [2.75, 3.05) is 25.2 Å². The maximum Gasteiger partial charge on any atom is 0.323 e. The van der Waals surface area contributed by atoms with Crippen LogP contribution in [0.1, 0.15) is 12.8 Å². The minimum atomic E-state index is -3.01. The second-order valence-electron chi connectivity index (χ2n) is 3.97. The average molecular weight is 251 g/mol. The summed E-state index contributed by atoms with van der Waals surface area (Å²) in [5.41, 5.74) is 0. The molecular formula is C9H17NO5S. The quantitative estimate of drug-likeness (QED) is 0.668. The number of nitrogens with one attached hydrogen (secondary N) is 1. The first-order valence-corrected chi connectivity index (χ1v) is 6.95. The van der Waals surface area contributed by atoms with Crippen LogP contribution in [0.3, 0.4) is 0 Å². The number of methoxy groups -OCH3 is 1. The Labute approximate surface area is 94.9 Å². The minimum Gasteiger partial charge on any atom is -0.480 e. The first-order valence-electron chi connectivity index (χ1n) is 5.13. The topological polar surface area (TPSA) is 92.7 Å². The van der Waals surface area contributed by atoms with Gasteiger partial charge in [0, 0.05) is 13.2 Å². The van der Waals surface area contributed by atoms with Gasteiger partial charge in [-0.15, -0.1) is 0 Å². The van der Waals surface area contributed by atoms with E-state index in [0.29, 0.717) is 12.8 Å². The number of hydrogen-bond acceptors (Lipinski definition) is 5. The molecule has 0 aromatic rings. The summed E-state index contributed by atoms with van der Waals surface area (Å²) in [6.07, 6.45) is 1.27. The lowest BCUT2D eigenvalue weighted by Gasteiger charge is -2.26. The minimum absolute atomic E-state index is 0.0144.